The number of amides is 2. The summed E-state index contributed by atoms with van der Waals surface area (Å²) in [7, 11) is 0. The second-order valence-electron chi connectivity index (χ2n) is 13.7. The molecule has 3 aromatic carbocycles. The molecule has 51 heavy (non-hydrogen) atoms. The van der Waals surface area contributed by atoms with Gasteiger partial charge in [0.1, 0.15) is 28.4 Å². The van der Waals surface area contributed by atoms with E-state index in [0.29, 0.717) is 61.1 Å². The van der Waals surface area contributed by atoms with Crippen molar-refractivity contribution in [1.82, 2.24) is 35.8 Å². The molecule has 2 aliphatic rings. The number of phenols is 1. The topological polar surface area (TPSA) is 144 Å². The molecule has 1 aliphatic carbocycles. The summed E-state index contributed by atoms with van der Waals surface area (Å²) in [4.78, 5) is 40.2. The number of halogens is 1. The summed E-state index contributed by atoms with van der Waals surface area (Å²) in [5.74, 6) is -0.635. The molecule has 2 atom stereocenters. The number of aromatic nitrogens is 3. The number of piperazine rings is 1. The lowest BCUT2D eigenvalue weighted by Crippen LogP contribution is -2.53. The normalized spacial score (nSPS) is 20.9. The van der Waals surface area contributed by atoms with E-state index in [2.05, 4.69) is 49.6 Å². The van der Waals surface area contributed by atoms with E-state index >= 15 is 0 Å². The Hall–Kier alpha value is -5.33. The highest BCUT2D eigenvalue weighted by molar-refractivity contribution is 6.04. The number of para-hydroxylation sites is 1. The van der Waals surface area contributed by atoms with Crippen LogP contribution in [-0.2, 0) is 6.54 Å². The molecular weight excluding hydrogens is 649 g/mol. The number of imidazole rings is 1. The van der Waals surface area contributed by atoms with Crippen molar-refractivity contribution >= 4 is 22.8 Å². The first-order valence-corrected chi connectivity index (χ1v) is 17.5. The molecule has 1 saturated carbocycles. The van der Waals surface area contributed by atoms with Crippen LogP contribution in [-0.4, -0.2) is 74.0 Å². The molecule has 12 heteroatoms. The smallest absolute Gasteiger partial charge is 0.257 e. The number of H-pyrrole nitrogens is 1. The quantitative estimate of drug-likeness (QED) is 0.128. The van der Waals surface area contributed by atoms with Crippen molar-refractivity contribution in [3.63, 3.8) is 0 Å². The highest BCUT2D eigenvalue weighted by Crippen LogP contribution is 2.32. The summed E-state index contributed by atoms with van der Waals surface area (Å²) in [6.45, 7) is 6.73. The van der Waals surface area contributed by atoms with Crippen LogP contribution in [0, 0.1) is 5.82 Å². The number of hydrogen-bond donors (Lipinski definition) is 5. The zero-order valence-corrected chi connectivity index (χ0v) is 28.7. The number of aromatic amines is 1. The van der Waals surface area contributed by atoms with Gasteiger partial charge in [0.15, 0.2) is 0 Å². The monoisotopic (exact) mass is 691 g/mol. The van der Waals surface area contributed by atoms with Crippen LogP contribution in [0.3, 0.4) is 0 Å². The number of phenolic OH excluding ortho intramolecular Hbond substituents is 1. The largest absolute Gasteiger partial charge is 0.508 e. The van der Waals surface area contributed by atoms with Gasteiger partial charge in [0.2, 0.25) is 5.88 Å². The molecule has 5 N–H and O–H groups in total. The predicted octanol–water partition coefficient (Wildman–Crippen LogP) is 5.92. The first kappa shape index (κ1) is 34.1. The fourth-order valence-corrected chi connectivity index (χ4v) is 7.28. The molecule has 0 radical (unpaired) electrons. The summed E-state index contributed by atoms with van der Waals surface area (Å²) in [6, 6.07) is 20.0. The summed E-state index contributed by atoms with van der Waals surface area (Å²) >= 11 is 0. The number of benzene rings is 3. The van der Waals surface area contributed by atoms with Crippen LogP contribution in [0.1, 0.15) is 65.8 Å². The number of carbonyl (C=O) groups is 2. The molecule has 2 amide bonds. The van der Waals surface area contributed by atoms with Gasteiger partial charge in [-0.3, -0.25) is 14.5 Å². The second-order valence-corrected chi connectivity index (χ2v) is 13.7. The number of hydrogen-bond acceptors (Lipinski definition) is 8. The van der Waals surface area contributed by atoms with Gasteiger partial charge in [-0.15, -0.1) is 0 Å². The highest BCUT2D eigenvalue weighted by Gasteiger charge is 2.27. The molecule has 11 nitrogen and oxygen atoms in total. The summed E-state index contributed by atoms with van der Waals surface area (Å²) in [5, 5.41) is 20.3. The summed E-state index contributed by atoms with van der Waals surface area (Å²) in [6.07, 6.45) is 5.24. The summed E-state index contributed by atoms with van der Waals surface area (Å²) in [5.41, 5.74) is 4.53. The van der Waals surface area contributed by atoms with Gasteiger partial charge in [-0.2, -0.15) is 0 Å². The zero-order chi connectivity index (χ0) is 35.5. The molecular formula is C39H42FN7O4. The molecule has 2 fully saturated rings. The van der Waals surface area contributed by atoms with E-state index in [-0.39, 0.29) is 35.2 Å². The van der Waals surface area contributed by atoms with Crippen LogP contribution in [0.5, 0.6) is 17.4 Å². The first-order valence-electron chi connectivity index (χ1n) is 17.5. The second kappa shape index (κ2) is 14.9. The maximum Gasteiger partial charge on any atom is 0.257 e. The van der Waals surface area contributed by atoms with E-state index < -0.39 is 11.7 Å². The van der Waals surface area contributed by atoms with Crippen molar-refractivity contribution in [2.45, 2.75) is 70.2 Å². The van der Waals surface area contributed by atoms with Crippen LogP contribution in [0.15, 0.2) is 79.3 Å². The molecule has 0 bridgehead atoms. The lowest BCUT2D eigenvalue weighted by atomic mass is 9.90. The van der Waals surface area contributed by atoms with Crippen molar-refractivity contribution in [2.75, 3.05) is 13.1 Å². The van der Waals surface area contributed by atoms with Crippen LogP contribution >= 0.6 is 0 Å². The molecule has 0 unspecified atom stereocenters. The molecule has 0 spiro atoms. The lowest BCUT2D eigenvalue weighted by molar-refractivity contribution is 0.0890. The van der Waals surface area contributed by atoms with Gasteiger partial charge >= 0.3 is 0 Å². The third kappa shape index (κ3) is 8.03. The van der Waals surface area contributed by atoms with Crippen LogP contribution in [0.2, 0.25) is 0 Å². The Kier molecular flexibility index (Phi) is 9.96. The minimum Gasteiger partial charge on any atom is -0.508 e. The lowest BCUT2D eigenvalue weighted by Gasteiger charge is -2.36. The minimum atomic E-state index is -0.649. The SMILES string of the molecule is C[C@@H]1CN(Cc2cc(-c3cccc(Oc4ncc(F)cc4C(=O)N[C@H]4CC[C@H](NC(=O)c5cccc6[nH]cnc56)CC4)c3)ccc2O)C[C@H](C)N1. The average Bonchev–Trinajstić information content (AvgIpc) is 3.60. The number of fused-ring (bicyclic) bond motifs is 1. The van der Waals surface area contributed by atoms with Gasteiger partial charge in [-0.1, -0.05) is 24.3 Å². The van der Waals surface area contributed by atoms with E-state index in [1.807, 2.05) is 42.5 Å². The Morgan fingerprint density at radius 3 is 2.31 bits per heavy atom. The third-order valence-electron chi connectivity index (χ3n) is 9.64. The molecule has 1 aliphatic heterocycles. The van der Waals surface area contributed by atoms with Crippen molar-refractivity contribution in [2.24, 2.45) is 0 Å². The fraction of sp³-hybridized carbons (Fsp3) is 0.333. The summed E-state index contributed by atoms with van der Waals surface area (Å²) < 4.78 is 20.5. The van der Waals surface area contributed by atoms with Crippen molar-refractivity contribution in [1.29, 1.82) is 0 Å². The Morgan fingerprint density at radius 2 is 1.57 bits per heavy atom. The Morgan fingerprint density at radius 1 is 0.882 bits per heavy atom. The first-order chi connectivity index (χ1) is 24.7. The third-order valence-corrected chi connectivity index (χ3v) is 9.64. The van der Waals surface area contributed by atoms with Gasteiger partial charge in [-0.05, 0) is 93.1 Å². The number of ether oxygens (including phenoxy) is 1. The highest BCUT2D eigenvalue weighted by atomic mass is 19.1. The van der Waals surface area contributed by atoms with E-state index in [1.54, 1.807) is 24.5 Å². The zero-order valence-electron chi connectivity index (χ0n) is 28.7. The van der Waals surface area contributed by atoms with E-state index in [4.69, 9.17) is 4.74 Å². The fourth-order valence-electron chi connectivity index (χ4n) is 7.28. The molecule has 264 valence electrons. The number of aromatic hydroxyl groups is 1. The van der Waals surface area contributed by atoms with Gasteiger partial charge in [-0.25, -0.2) is 14.4 Å². The maximum atomic E-state index is 14.4. The Bertz CT molecular complexity index is 2030. The Labute approximate surface area is 295 Å². The molecule has 1 saturated heterocycles. The number of nitrogens with one attached hydrogen (secondary N) is 4. The van der Waals surface area contributed by atoms with Crippen molar-refractivity contribution in [3.8, 4) is 28.5 Å². The van der Waals surface area contributed by atoms with Gasteiger partial charge in [0, 0.05) is 49.4 Å². The number of rotatable bonds is 9. The minimum absolute atomic E-state index is 0.00526. The molecule has 7 rings (SSSR count). The molecule has 2 aromatic heterocycles. The number of carbonyl (C=O) groups excluding carboxylic acids is 2. The molecule has 3 heterocycles. The van der Waals surface area contributed by atoms with E-state index in [1.165, 1.54) is 0 Å². The van der Waals surface area contributed by atoms with Gasteiger partial charge < -0.3 is 30.8 Å². The standard InChI is InChI=1S/C39H42FN7O4/c1-23-19-47(20-24(2)44-23)21-27-15-26(9-14-35(27)48)25-5-3-6-31(16-25)51-39-33(17-28(40)18-41-39)38(50)46-30-12-10-29(11-13-30)45-37(49)32-7-4-8-34-36(32)43-22-42-34/h3-9,14-18,22-24,29-30,44,48H,10-13,19-21H2,1-2H3,(H,42,43)(H,45,49)(H,46,50)/t23-,24+,29-,30-. The number of nitrogens with zero attached hydrogens (tertiary/aromatic N) is 3. The van der Waals surface area contributed by atoms with Gasteiger partial charge in [0.25, 0.3) is 11.8 Å². The number of pyridine rings is 1. The molecule has 5 aromatic rings. The Balaban J connectivity index is 0.989. The van der Waals surface area contributed by atoms with E-state index in [9.17, 15) is 19.1 Å². The van der Waals surface area contributed by atoms with E-state index in [0.717, 1.165) is 47.6 Å². The average molecular weight is 692 g/mol. The van der Waals surface area contributed by atoms with Gasteiger partial charge in [0.05, 0.1) is 23.6 Å². The maximum absolute atomic E-state index is 14.4. The predicted molar refractivity (Wildman–Crippen MR) is 192 cm³/mol. The van der Waals surface area contributed by atoms with Crippen LogP contribution < -0.4 is 20.7 Å². The van der Waals surface area contributed by atoms with Crippen LogP contribution in [0.25, 0.3) is 22.2 Å². The van der Waals surface area contributed by atoms with Crippen LogP contribution in [0.4, 0.5) is 4.39 Å². The van der Waals surface area contributed by atoms with Crippen molar-refractivity contribution < 1.29 is 23.8 Å². The van der Waals surface area contributed by atoms with Crippen molar-refractivity contribution in [3.05, 3.63) is 102 Å².